The number of primary amides is 1. The summed E-state index contributed by atoms with van der Waals surface area (Å²) in [6.07, 6.45) is 0.152. The monoisotopic (exact) mass is 630 g/mol. The van der Waals surface area contributed by atoms with Gasteiger partial charge in [0.15, 0.2) is 23.7 Å². The normalized spacial score (nSPS) is 12.9. The summed E-state index contributed by atoms with van der Waals surface area (Å²) in [5.74, 6) is -6.14. The van der Waals surface area contributed by atoms with Gasteiger partial charge in [0.05, 0.1) is 0 Å². The van der Waals surface area contributed by atoms with E-state index in [9.17, 15) is 38.4 Å². The van der Waals surface area contributed by atoms with Gasteiger partial charge in [0, 0.05) is 19.8 Å². The van der Waals surface area contributed by atoms with Crippen LogP contribution in [0.4, 0.5) is 0 Å². The van der Waals surface area contributed by atoms with Crippen molar-refractivity contribution in [3.63, 3.8) is 0 Å². The summed E-state index contributed by atoms with van der Waals surface area (Å²) in [7, 11) is 0. The van der Waals surface area contributed by atoms with Gasteiger partial charge in [-0.2, -0.15) is 0 Å². The Morgan fingerprint density at radius 2 is 0.773 bits per heavy atom. The van der Waals surface area contributed by atoms with Gasteiger partial charge in [-0.15, -0.1) is 0 Å². The van der Waals surface area contributed by atoms with Gasteiger partial charge >= 0.3 is 0 Å². The number of ketones is 2. The molecule has 0 radical (unpaired) electrons. The van der Waals surface area contributed by atoms with Gasteiger partial charge in [-0.1, -0.05) is 76.2 Å². The largest absolute Gasteiger partial charge is 0.368 e. The zero-order valence-corrected chi connectivity index (χ0v) is 28.8. The summed E-state index contributed by atoms with van der Waals surface area (Å²) in [5.41, 5.74) is 5.23. The maximum Gasteiger partial charge on any atom is 0.250 e. The SMILES string of the molecule is CC.CC.CC.CCC(=O)C(NC(=O)C(CC)NC(=O)C(NC(=O)C(CC)NC(C)=O)C(=O)CC)C(=O)NC(CC)C(N)=O. The van der Waals surface area contributed by atoms with Crippen molar-refractivity contribution in [3.8, 4) is 0 Å². The lowest BCUT2D eigenvalue weighted by Gasteiger charge is -2.25. The van der Waals surface area contributed by atoms with Crippen LogP contribution < -0.4 is 32.3 Å². The Bertz CT molecular complexity index is 925. The van der Waals surface area contributed by atoms with Gasteiger partial charge < -0.3 is 32.3 Å². The van der Waals surface area contributed by atoms with E-state index in [0.29, 0.717) is 0 Å². The van der Waals surface area contributed by atoms with Crippen LogP contribution in [0.5, 0.6) is 0 Å². The van der Waals surface area contributed by atoms with E-state index in [4.69, 9.17) is 5.73 Å². The summed E-state index contributed by atoms with van der Waals surface area (Å²) in [5, 5.41) is 11.7. The van der Waals surface area contributed by atoms with E-state index in [1.165, 1.54) is 20.8 Å². The molecular formula is C30H58N6O8. The Kier molecular flexibility index (Phi) is 29.9. The molecule has 14 heteroatoms. The van der Waals surface area contributed by atoms with Gasteiger partial charge in [0.25, 0.3) is 11.8 Å². The van der Waals surface area contributed by atoms with Gasteiger partial charge in [-0.25, -0.2) is 0 Å². The molecule has 44 heavy (non-hydrogen) atoms. The molecule has 0 saturated heterocycles. The molecule has 5 unspecified atom stereocenters. The molecule has 0 aromatic heterocycles. The fourth-order valence-electron chi connectivity index (χ4n) is 3.31. The Morgan fingerprint density at radius 1 is 0.477 bits per heavy atom. The molecule has 0 rings (SSSR count). The van der Waals surface area contributed by atoms with Crippen LogP contribution >= 0.6 is 0 Å². The topological polar surface area (TPSA) is 223 Å². The number of nitrogens with two attached hydrogens (primary N) is 1. The third-order valence-corrected chi connectivity index (χ3v) is 5.65. The molecule has 14 nitrogen and oxygen atoms in total. The number of hydrogen-bond acceptors (Lipinski definition) is 8. The summed E-state index contributed by atoms with van der Waals surface area (Å²) in [6, 6.07) is -6.61. The molecular weight excluding hydrogens is 572 g/mol. The second-order valence-electron chi connectivity index (χ2n) is 8.53. The van der Waals surface area contributed by atoms with Crippen LogP contribution in [0.25, 0.3) is 0 Å². The molecule has 0 heterocycles. The number of nitrogens with one attached hydrogen (secondary N) is 5. The van der Waals surface area contributed by atoms with Crippen LogP contribution in [0.2, 0.25) is 0 Å². The number of amides is 6. The minimum absolute atomic E-state index is 0.00948. The van der Waals surface area contributed by atoms with Crippen LogP contribution in [0.1, 0.15) is 115 Å². The standard InChI is InChI=1S/C24H40N6O8.3C2H6/c1-7-13(20(25)34)27-23(37)18(16(32)10-4)30-22(36)15(9-3)28-24(38)19(17(33)11-5)29-21(35)14(8-2)26-12(6)31;3*1-2/h13-15,18-19H,7-11H2,1-6H3,(H2,25,34)(H,26,31)(H,27,37)(H,28,38)(H,29,35)(H,30,36);3*1-2H3. The summed E-state index contributed by atoms with van der Waals surface area (Å²) >= 11 is 0. The van der Waals surface area contributed by atoms with Gasteiger partial charge in [-0.3, -0.25) is 38.4 Å². The Balaban J connectivity index is -0.00000125. The second-order valence-corrected chi connectivity index (χ2v) is 8.53. The van der Waals surface area contributed by atoms with Crippen molar-refractivity contribution in [1.82, 2.24) is 26.6 Å². The van der Waals surface area contributed by atoms with Crippen molar-refractivity contribution in [2.75, 3.05) is 0 Å². The Morgan fingerprint density at radius 3 is 1.02 bits per heavy atom. The van der Waals surface area contributed by atoms with Crippen LogP contribution in [0.15, 0.2) is 0 Å². The van der Waals surface area contributed by atoms with Crippen molar-refractivity contribution in [2.45, 2.75) is 145 Å². The summed E-state index contributed by atoms with van der Waals surface area (Å²) < 4.78 is 0. The molecule has 0 aromatic carbocycles. The maximum atomic E-state index is 12.9. The Hall–Kier alpha value is -3.84. The highest BCUT2D eigenvalue weighted by Crippen LogP contribution is 2.02. The van der Waals surface area contributed by atoms with E-state index in [1.54, 1.807) is 20.8 Å². The smallest absolute Gasteiger partial charge is 0.250 e. The first-order valence-electron chi connectivity index (χ1n) is 15.6. The summed E-state index contributed by atoms with van der Waals surface area (Å²) in [4.78, 5) is 98.7. The van der Waals surface area contributed by atoms with E-state index in [0.717, 1.165) is 0 Å². The first-order valence-corrected chi connectivity index (χ1v) is 15.6. The molecule has 0 aliphatic rings. The molecule has 5 atom stereocenters. The predicted molar refractivity (Wildman–Crippen MR) is 170 cm³/mol. The minimum Gasteiger partial charge on any atom is -0.368 e. The maximum absolute atomic E-state index is 12.9. The van der Waals surface area contributed by atoms with Gasteiger partial charge in [0.2, 0.25) is 23.6 Å². The number of Topliss-reactive ketones (excluding diaryl/α,β-unsaturated/α-hetero) is 2. The van der Waals surface area contributed by atoms with Gasteiger partial charge in [0.1, 0.15) is 18.1 Å². The lowest BCUT2D eigenvalue weighted by atomic mass is 10.1. The zero-order chi connectivity index (χ0) is 35.6. The molecule has 0 aliphatic carbocycles. The number of rotatable bonds is 17. The van der Waals surface area contributed by atoms with E-state index in [2.05, 4.69) is 26.6 Å². The molecule has 6 amide bonds. The minimum atomic E-state index is -1.65. The van der Waals surface area contributed by atoms with Crippen molar-refractivity contribution in [2.24, 2.45) is 5.73 Å². The van der Waals surface area contributed by atoms with Crippen LogP contribution in [0, 0.1) is 0 Å². The quantitative estimate of drug-likeness (QED) is 0.128. The molecule has 0 bridgehead atoms. The van der Waals surface area contributed by atoms with E-state index >= 15 is 0 Å². The highest BCUT2D eigenvalue weighted by Gasteiger charge is 2.35. The third kappa shape index (κ3) is 18.0. The first-order chi connectivity index (χ1) is 20.8. The van der Waals surface area contributed by atoms with E-state index < -0.39 is 77.2 Å². The van der Waals surface area contributed by atoms with Crippen molar-refractivity contribution >= 4 is 47.0 Å². The van der Waals surface area contributed by atoms with Crippen molar-refractivity contribution < 1.29 is 38.4 Å². The number of carbonyl (C=O) groups excluding carboxylic acids is 8. The molecule has 7 N–H and O–H groups in total. The fraction of sp³-hybridized carbons (Fsp3) is 0.733. The van der Waals surface area contributed by atoms with Crippen molar-refractivity contribution in [3.05, 3.63) is 0 Å². The zero-order valence-electron chi connectivity index (χ0n) is 28.8. The van der Waals surface area contributed by atoms with Crippen LogP contribution in [0.3, 0.4) is 0 Å². The highest BCUT2D eigenvalue weighted by atomic mass is 16.2. The lowest BCUT2D eigenvalue weighted by Crippen LogP contribution is -2.61. The van der Waals surface area contributed by atoms with Crippen LogP contribution in [-0.2, 0) is 38.4 Å². The molecule has 256 valence electrons. The Labute approximate surface area is 263 Å². The van der Waals surface area contributed by atoms with Gasteiger partial charge in [-0.05, 0) is 19.3 Å². The number of carbonyl (C=O) groups is 8. The van der Waals surface area contributed by atoms with Crippen LogP contribution in [-0.4, -0.2) is 77.2 Å². The van der Waals surface area contributed by atoms with Crippen molar-refractivity contribution in [1.29, 1.82) is 0 Å². The van der Waals surface area contributed by atoms with E-state index in [-0.39, 0.29) is 32.1 Å². The average Bonchev–Trinajstić information content (AvgIpc) is 3.03. The highest BCUT2D eigenvalue weighted by molar-refractivity contribution is 6.11. The fourth-order valence-corrected chi connectivity index (χ4v) is 3.31. The molecule has 0 spiro atoms. The third-order valence-electron chi connectivity index (χ3n) is 5.65. The second kappa shape index (κ2) is 28.0. The molecule has 0 aliphatic heterocycles. The number of hydrogen-bond donors (Lipinski definition) is 6. The average molecular weight is 631 g/mol. The van der Waals surface area contributed by atoms with E-state index in [1.807, 2.05) is 41.5 Å². The summed E-state index contributed by atoms with van der Waals surface area (Å²) in [6.45, 7) is 21.0. The molecule has 0 aromatic rings. The predicted octanol–water partition coefficient (Wildman–Crippen LogP) is 1.18. The lowest BCUT2D eigenvalue weighted by molar-refractivity contribution is -0.139. The molecule has 0 saturated carbocycles. The molecule has 0 fully saturated rings. The first kappa shape index (κ1) is 47.1.